The molecular weight excluding hydrogens is 224 g/mol. The summed E-state index contributed by atoms with van der Waals surface area (Å²) in [5, 5.41) is 0. The van der Waals surface area contributed by atoms with Crippen molar-refractivity contribution >= 4 is 6.03 Å². The lowest BCUT2D eigenvalue weighted by Gasteiger charge is -2.20. The molecule has 0 aromatic rings. The number of amides is 2. The van der Waals surface area contributed by atoms with E-state index < -0.39 is 0 Å². The van der Waals surface area contributed by atoms with Gasteiger partial charge in [0.1, 0.15) is 0 Å². The molecule has 0 radical (unpaired) electrons. The molecule has 0 heterocycles. The van der Waals surface area contributed by atoms with E-state index in [1.807, 2.05) is 4.90 Å². The third kappa shape index (κ3) is 10.4. The Morgan fingerprint density at radius 3 is 1.50 bits per heavy atom. The molecule has 108 valence electrons. The van der Waals surface area contributed by atoms with Gasteiger partial charge in [-0.25, -0.2) is 4.79 Å². The van der Waals surface area contributed by atoms with Gasteiger partial charge in [0.2, 0.25) is 0 Å². The lowest BCUT2D eigenvalue weighted by atomic mass is 10.1. The minimum absolute atomic E-state index is 0.249. The maximum Gasteiger partial charge on any atom is 0.314 e. The Balaban J connectivity index is 3.56. The highest BCUT2D eigenvalue weighted by molar-refractivity contribution is 5.71. The van der Waals surface area contributed by atoms with Gasteiger partial charge in [-0.1, -0.05) is 65.2 Å². The summed E-state index contributed by atoms with van der Waals surface area (Å²) < 4.78 is 0. The van der Waals surface area contributed by atoms with Gasteiger partial charge in [-0.2, -0.15) is 0 Å². The second-order valence-electron chi connectivity index (χ2n) is 5.15. The first-order chi connectivity index (χ1) is 8.72. The Kier molecular flexibility index (Phi) is 12.2. The Labute approximate surface area is 113 Å². The molecule has 0 aliphatic rings. The molecule has 0 aromatic carbocycles. The van der Waals surface area contributed by atoms with Gasteiger partial charge in [-0.05, 0) is 12.8 Å². The van der Waals surface area contributed by atoms with Crippen molar-refractivity contribution in [3.8, 4) is 0 Å². The number of hydrogen-bond acceptors (Lipinski definition) is 1. The van der Waals surface area contributed by atoms with Crippen molar-refractivity contribution in [2.45, 2.75) is 78.1 Å². The third-order valence-corrected chi connectivity index (χ3v) is 3.37. The van der Waals surface area contributed by atoms with Crippen LogP contribution in [0, 0.1) is 0 Å². The van der Waals surface area contributed by atoms with E-state index >= 15 is 0 Å². The van der Waals surface area contributed by atoms with Crippen LogP contribution in [0.2, 0.25) is 0 Å². The summed E-state index contributed by atoms with van der Waals surface area (Å²) >= 11 is 0. The van der Waals surface area contributed by atoms with Crippen LogP contribution in [-0.2, 0) is 0 Å². The molecule has 0 atom stereocenters. The van der Waals surface area contributed by atoms with Crippen LogP contribution in [0.3, 0.4) is 0 Å². The Morgan fingerprint density at radius 1 is 0.778 bits per heavy atom. The zero-order valence-corrected chi connectivity index (χ0v) is 12.4. The highest BCUT2D eigenvalue weighted by atomic mass is 16.2. The number of rotatable bonds is 12. The molecule has 0 bridgehead atoms. The molecule has 3 nitrogen and oxygen atoms in total. The molecule has 0 aromatic heterocycles. The number of urea groups is 1. The van der Waals surface area contributed by atoms with E-state index in [-0.39, 0.29) is 6.03 Å². The second-order valence-corrected chi connectivity index (χ2v) is 5.15. The summed E-state index contributed by atoms with van der Waals surface area (Å²) in [4.78, 5) is 13.1. The van der Waals surface area contributed by atoms with E-state index in [4.69, 9.17) is 5.73 Å². The van der Waals surface area contributed by atoms with Crippen molar-refractivity contribution in [1.82, 2.24) is 4.90 Å². The first-order valence-corrected chi connectivity index (χ1v) is 7.76. The summed E-state index contributed by atoms with van der Waals surface area (Å²) in [6.07, 6.45) is 12.3. The van der Waals surface area contributed by atoms with Gasteiger partial charge in [0.05, 0.1) is 0 Å². The third-order valence-electron chi connectivity index (χ3n) is 3.37. The topological polar surface area (TPSA) is 46.3 Å². The SMILES string of the molecule is CCCCCCCN(CCCCCCC)C(N)=O. The van der Waals surface area contributed by atoms with Gasteiger partial charge in [-0.15, -0.1) is 0 Å². The van der Waals surface area contributed by atoms with Gasteiger partial charge in [0, 0.05) is 13.1 Å². The average Bonchev–Trinajstić information content (AvgIpc) is 2.35. The van der Waals surface area contributed by atoms with Crippen LogP contribution in [0.4, 0.5) is 4.79 Å². The molecule has 0 aliphatic heterocycles. The average molecular weight is 256 g/mol. The largest absolute Gasteiger partial charge is 0.351 e. The maximum atomic E-state index is 11.3. The van der Waals surface area contributed by atoms with Crippen LogP contribution in [0.1, 0.15) is 78.1 Å². The predicted molar refractivity (Wildman–Crippen MR) is 78.7 cm³/mol. The van der Waals surface area contributed by atoms with Gasteiger partial charge in [-0.3, -0.25) is 0 Å². The number of hydrogen-bond donors (Lipinski definition) is 1. The zero-order chi connectivity index (χ0) is 13.6. The lowest BCUT2D eigenvalue weighted by molar-refractivity contribution is 0.205. The number of nitrogens with zero attached hydrogens (tertiary/aromatic N) is 1. The number of unbranched alkanes of at least 4 members (excludes halogenated alkanes) is 8. The number of nitrogens with two attached hydrogens (primary N) is 1. The molecule has 0 saturated carbocycles. The molecule has 18 heavy (non-hydrogen) atoms. The van der Waals surface area contributed by atoms with E-state index in [0.717, 1.165) is 25.9 Å². The van der Waals surface area contributed by atoms with Crippen molar-refractivity contribution in [1.29, 1.82) is 0 Å². The minimum atomic E-state index is -0.249. The smallest absolute Gasteiger partial charge is 0.314 e. The van der Waals surface area contributed by atoms with Crippen molar-refractivity contribution < 1.29 is 4.79 Å². The molecule has 0 unspecified atom stereocenters. The second kappa shape index (κ2) is 12.7. The fraction of sp³-hybridized carbons (Fsp3) is 0.933. The monoisotopic (exact) mass is 256 g/mol. The van der Waals surface area contributed by atoms with E-state index in [9.17, 15) is 4.79 Å². The predicted octanol–water partition coefficient (Wildman–Crippen LogP) is 4.31. The maximum absolute atomic E-state index is 11.3. The van der Waals surface area contributed by atoms with Crippen LogP contribution < -0.4 is 5.73 Å². The van der Waals surface area contributed by atoms with Crippen molar-refractivity contribution in [3.05, 3.63) is 0 Å². The molecule has 0 aliphatic carbocycles. The summed E-state index contributed by atoms with van der Waals surface area (Å²) in [5.74, 6) is 0. The van der Waals surface area contributed by atoms with Crippen molar-refractivity contribution in [2.75, 3.05) is 13.1 Å². The number of carbonyl (C=O) groups excluding carboxylic acids is 1. The zero-order valence-electron chi connectivity index (χ0n) is 12.4. The van der Waals surface area contributed by atoms with Gasteiger partial charge in [0.15, 0.2) is 0 Å². The number of primary amides is 1. The van der Waals surface area contributed by atoms with Gasteiger partial charge >= 0.3 is 6.03 Å². The Morgan fingerprint density at radius 2 is 1.17 bits per heavy atom. The normalized spacial score (nSPS) is 10.6. The quantitative estimate of drug-likeness (QED) is 0.520. The number of carbonyl (C=O) groups is 1. The Bertz CT molecular complexity index is 181. The molecule has 0 spiro atoms. The Hall–Kier alpha value is -0.730. The highest BCUT2D eigenvalue weighted by Crippen LogP contribution is 2.07. The lowest BCUT2D eigenvalue weighted by Crippen LogP contribution is -2.37. The van der Waals surface area contributed by atoms with Gasteiger partial charge in [0.25, 0.3) is 0 Å². The van der Waals surface area contributed by atoms with Crippen LogP contribution in [0.25, 0.3) is 0 Å². The molecule has 2 N–H and O–H groups in total. The van der Waals surface area contributed by atoms with Crippen LogP contribution in [-0.4, -0.2) is 24.0 Å². The molecule has 0 fully saturated rings. The molecular formula is C15H32N2O. The van der Waals surface area contributed by atoms with E-state index in [2.05, 4.69) is 13.8 Å². The summed E-state index contributed by atoms with van der Waals surface area (Å²) in [7, 11) is 0. The van der Waals surface area contributed by atoms with E-state index in [1.54, 1.807) is 0 Å². The van der Waals surface area contributed by atoms with Crippen LogP contribution >= 0.6 is 0 Å². The van der Waals surface area contributed by atoms with E-state index in [0.29, 0.717) is 0 Å². The van der Waals surface area contributed by atoms with Crippen LogP contribution in [0.5, 0.6) is 0 Å². The standard InChI is InChI=1S/C15H32N2O/c1-3-5-7-9-11-13-17(15(16)18)14-12-10-8-6-4-2/h3-14H2,1-2H3,(H2,16,18). The summed E-state index contributed by atoms with van der Waals surface area (Å²) in [6, 6.07) is -0.249. The fourth-order valence-electron chi connectivity index (χ4n) is 2.14. The van der Waals surface area contributed by atoms with Crippen LogP contribution in [0.15, 0.2) is 0 Å². The summed E-state index contributed by atoms with van der Waals surface area (Å²) in [5.41, 5.74) is 5.41. The molecule has 0 rings (SSSR count). The van der Waals surface area contributed by atoms with Gasteiger partial charge < -0.3 is 10.6 Å². The minimum Gasteiger partial charge on any atom is -0.351 e. The van der Waals surface area contributed by atoms with E-state index in [1.165, 1.54) is 51.4 Å². The molecule has 3 heteroatoms. The first-order valence-electron chi connectivity index (χ1n) is 7.76. The van der Waals surface area contributed by atoms with Crippen molar-refractivity contribution in [3.63, 3.8) is 0 Å². The highest BCUT2D eigenvalue weighted by Gasteiger charge is 2.08. The molecule has 0 saturated heterocycles. The summed E-state index contributed by atoms with van der Waals surface area (Å²) in [6.45, 7) is 6.11. The first kappa shape index (κ1) is 17.3. The van der Waals surface area contributed by atoms with Crippen molar-refractivity contribution in [2.24, 2.45) is 5.73 Å². The fourth-order valence-corrected chi connectivity index (χ4v) is 2.14. The molecule has 2 amide bonds.